The van der Waals surface area contributed by atoms with Crippen LogP contribution in [0.1, 0.15) is 26.7 Å². The van der Waals surface area contributed by atoms with Crippen molar-refractivity contribution in [2.75, 3.05) is 11.9 Å². The number of hydrogen-bond donors (Lipinski definition) is 1. The molecular weight excluding hydrogens is 328 g/mol. The molecule has 0 spiro atoms. The van der Waals surface area contributed by atoms with Crippen molar-refractivity contribution < 1.29 is 4.74 Å². The van der Waals surface area contributed by atoms with Crippen molar-refractivity contribution in [1.29, 1.82) is 0 Å². The largest absolute Gasteiger partial charge is 0.478 e. The maximum atomic E-state index is 6.33. The fourth-order valence-electron chi connectivity index (χ4n) is 2.31. The van der Waals surface area contributed by atoms with E-state index in [0.717, 1.165) is 30.6 Å². The number of hydrogen-bond acceptors (Lipinski definition) is 6. The first-order valence-corrected chi connectivity index (χ1v) is 8.33. The van der Waals surface area contributed by atoms with Gasteiger partial charge in [0.15, 0.2) is 10.8 Å². The highest BCUT2D eigenvalue weighted by Crippen LogP contribution is 2.23. The molecule has 126 valence electrons. The average molecular weight is 347 g/mol. The molecule has 0 aliphatic carbocycles. The molecule has 24 heavy (non-hydrogen) atoms. The standard InChI is InChI=1S/C16H19ClN6O/c1-3-5-8-23-10-19-15-13(23)14(17)21-16(22-15)20-11-6-7-12(18-9-11)24-4-2/h6-7,9-10H,3-5,8H2,1-2H3,(H,20,21,22). The Bertz CT molecular complexity index is 817. The zero-order valence-electron chi connectivity index (χ0n) is 13.7. The van der Waals surface area contributed by atoms with E-state index >= 15 is 0 Å². The van der Waals surface area contributed by atoms with Gasteiger partial charge in [0, 0.05) is 12.6 Å². The van der Waals surface area contributed by atoms with Gasteiger partial charge >= 0.3 is 0 Å². The first-order chi connectivity index (χ1) is 11.7. The van der Waals surface area contributed by atoms with Gasteiger partial charge in [-0.15, -0.1) is 0 Å². The summed E-state index contributed by atoms with van der Waals surface area (Å²) in [5.74, 6) is 0.964. The molecule has 0 radical (unpaired) electrons. The Morgan fingerprint density at radius 2 is 2.08 bits per heavy atom. The van der Waals surface area contributed by atoms with Crippen molar-refractivity contribution in [3.63, 3.8) is 0 Å². The van der Waals surface area contributed by atoms with E-state index in [-0.39, 0.29) is 0 Å². The van der Waals surface area contributed by atoms with Crippen LogP contribution < -0.4 is 10.1 Å². The molecular formula is C16H19ClN6O. The second-order valence-corrected chi connectivity index (χ2v) is 5.60. The van der Waals surface area contributed by atoms with Gasteiger partial charge in [-0.05, 0) is 19.4 Å². The smallest absolute Gasteiger partial charge is 0.230 e. The molecule has 0 bridgehead atoms. The van der Waals surface area contributed by atoms with E-state index in [1.54, 1.807) is 18.6 Å². The molecule has 8 heteroatoms. The summed E-state index contributed by atoms with van der Waals surface area (Å²) in [6.45, 7) is 5.49. The summed E-state index contributed by atoms with van der Waals surface area (Å²) in [4.78, 5) is 17.3. The lowest BCUT2D eigenvalue weighted by Crippen LogP contribution is -2.01. The molecule has 0 aliphatic rings. The van der Waals surface area contributed by atoms with Crippen molar-refractivity contribution >= 4 is 34.4 Å². The van der Waals surface area contributed by atoms with Crippen LogP contribution in [-0.4, -0.2) is 31.1 Å². The normalized spacial score (nSPS) is 11.0. The van der Waals surface area contributed by atoms with Crippen LogP contribution in [0.25, 0.3) is 11.2 Å². The van der Waals surface area contributed by atoms with Crippen LogP contribution in [0.2, 0.25) is 5.15 Å². The van der Waals surface area contributed by atoms with Crippen LogP contribution in [0.5, 0.6) is 5.88 Å². The molecule has 0 atom stereocenters. The monoisotopic (exact) mass is 346 g/mol. The van der Waals surface area contributed by atoms with E-state index in [0.29, 0.717) is 29.2 Å². The third kappa shape index (κ3) is 3.56. The number of nitrogens with zero attached hydrogens (tertiary/aromatic N) is 5. The Morgan fingerprint density at radius 3 is 2.79 bits per heavy atom. The molecule has 3 aromatic rings. The third-order valence-electron chi connectivity index (χ3n) is 3.47. The van der Waals surface area contributed by atoms with Gasteiger partial charge in [0.1, 0.15) is 5.52 Å². The predicted molar refractivity (Wildman–Crippen MR) is 93.9 cm³/mol. The molecule has 0 aliphatic heterocycles. The lowest BCUT2D eigenvalue weighted by molar-refractivity contribution is 0.327. The summed E-state index contributed by atoms with van der Waals surface area (Å²) >= 11 is 6.33. The first-order valence-electron chi connectivity index (χ1n) is 7.95. The van der Waals surface area contributed by atoms with E-state index < -0.39 is 0 Å². The van der Waals surface area contributed by atoms with Crippen LogP contribution in [0.4, 0.5) is 11.6 Å². The van der Waals surface area contributed by atoms with E-state index in [1.807, 2.05) is 17.6 Å². The molecule has 3 rings (SSSR count). The Balaban J connectivity index is 1.82. The molecule has 0 fully saturated rings. The first kappa shape index (κ1) is 16.4. The highest BCUT2D eigenvalue weighted by atomic mass is 35.5. The number of rotatable bonds is 7. The molecule has 0 saturated heterocycles. The van der Waals surface area contributed by atoms with Crippen LogP contribution in [0, 0.1) is 0 Å². The molecule has 1 N–H and O–H groups in total. The number of nitrogens with one attached hydrogen (secondary N) is 1. The molecule has 7 nitrogen and oxygen atoms in total. The molecule has 0 aromatic carbocycles. The van der Waals surface area contributed by atoms with E-state index in [1.165, 1.54) is 0 Å². The highest BCUT2D eigenvalue weighted by Gasteiger charge is 2.12. The van der Waals surface area contributed by atoms with Gasteiger partial charge in [-0.25, -0.2) is 9.97 Å². The van der Waals surface area contributed by atoms with Crippen LogP contribution in [-0.2, 0) is 6.54 Å². The van der Waals surface area contributed by atoms with Gasteiger partial charge in [-0.3, -0.25) is 0 Å². The van der Waals surface area contributed by atoms with E-state index in [4.69, 9.17) is 16.3 Å². The number of fused-ring (bicyclic) bond motifs is 1. The second-order valence-electron chi connectivity index (χ2n) is 5.24. The van der Waals surface area contributed by atoms with Gasteiger partial charge in [0.2, 0.25) is 11.8 Å². The summed E-state index contributed by atoms with van der Waals surface area (Å²) in [7, 11) is 0. The topological polar surface area (TPSA) is 77.8 Å². The van der Waals surface area contributed by atoms with E-state index in [9.17, 15) is 0 Å². The van der Waals surface area contributed by atoms with Gasteiger partial charge in [-0.2, -0.15) is 9.97 Å². The zero-order chi connectivity index (χ0) is 16.9. The SMILES string of the molecule is CCCCn1cnc2nc(Nc3ccc(OCC)nc3)nc(Cl)c21. The molecule has 0 unspecified atom stereocenters. The minimum Gasteiger partial charge on any atom is -0.478 e. The quantitative estimate of drug-likeness (QED) is 0.655. The lowest BCUT2D eigenvalue weighted by Gasteiger charge is -2.07. The Kier molecular flexibility index (Phi) is 5.10. The number of unbranched alkanes of at least 4 members (excludes halogenated alkanes) is 1. The van der Waals surface area contributed by atoms with Crippen molar-refractivity contribution in [2.45, 2.75) is 33.2 Å². The number of aromatic nitrogens is 5. The number of halogens is 1. The maximum Gasteiger partial charge on any atom is 0.230 e. The highest BCUT2D eigenvalue weighted by molar-refractivity contribution is 6.33. The fraction of sp³-hybridized carbons (Fsp3) is 0.375. The van der Waals surface area contributed by atoms with Gasteiger partial charge < -0.3 is 14.6 Å². The van der Waals surface area contributed by atoms with Gasteiger partial charge in [-0.1, -0.05) is 24.9 Å². The number of imidazole rings is 1. The number of aryl methyl sites for hydroxylation is 1. The molecule has 3 heterocycles. The molecule has 0 amide bonds. The zero-order valence-corrected chi connectivity index (χ0v) is 14.4. The van der Waals surface area contributed by atoms with Crippen molar-refractivity contribution in [3.05, 3.63) is 29.8 Å². The summed E-state index contributed by atoms with van der Waals surface area (Å²) in [6.07, 6.45) is 5.57. The van der Waals surface area contributed by atoms with Crippen molar-refractivity contribution in [1.82, 2.24) is 24.5 Å². The summed E-state index contributed by atoms with van der Waals surface area (Å²) in [5, 5.41) is 3.47. The van der Waals surface area contributed by atoms with Crippen molar-refractivity contribution in [2.24, 2.45) is 0 Å². The number of anilines is 2. The third-order valence-corrected chi connectivity index (χ3v) is 3.73. The lowest BCUT2D eigenvalue weighted by atomic mass is 10.3. The average Bonchev–Trinajstić information content (AvgIpc) is 2.98. The number of pyridine rings is 1. The minimum absolute atomic E-state index is 0.384. The number of ether oxygens (including phenoxy) is 1. The minimum atomic E-state index is 0.384. The predicted octanol–water partition coefficient (Wildman–Crippen LogP) is 3.82. The van der Waals surface area contributed by atoms with Gasteiger partial charge in [0.25, 0.3) is 0 Å². The Hall–Kier alpha value is -2.41. The Morgan fingerprint density at radius 1 is 1.21 bits per heavy atom. The Labute approximate surface area is 145 Å². The fourth-order valence-corrected chi connectivity index (χ4v) is 2.58. The van der Waals surface area contributed by atoms with E-state index in [2.05, 4.69) is 32.2 Å². The summed E-state index contributed by atoms with van der Waals surface area (Å²) in [5.41, 5.74) is 2.09. The van der Waals surface area contributed by atoms with Gasteiger partial charge in [0.05, 0.1) is 24.8 Å². The molecule has 3 aromatic heterocycles. The second kappa shape index (κ2) is 7.44. The van der Waals surface area contributed by atoms with Crippen LogP contribution >= 0.6 is 11.6 Å². The van der Waals surface area contributed by atoms with Crippen LogP contribution in [0.3, 0.4) is 0 Å². The van der Waals surface area contributed by atoms with Crippen LogP contribution in [0.15, 0.2) is 24.7 Å². The van der Waals surface area contributed by atoms with Crippen molar-refractivity contribution in [3.8, 4) is 5.88 Å². The maximum absolute atomic E-state index is 6.33. The summed E-state index contributed by atoms with van der Waals surface area (Å²) in [6, 6.07) is 3.63. The summed E-state index contributed by atoms with van der Waals surface area (Å²) < 4.78 is 7.31. The molecule has 0 saturated carbocycles.